The van der Waals surface area contributed by atoms with Crippen molar-refractivity contribution in [1.82, 2.24) is 5.32 Å². The fourth-order valence-electron chi connectivity index (χ4n) is 3.15. The monoisotopic (exact) mass is 437 g/mol. The number of carbonyl (C=O) groups is 2. The normalized spacial score (nSPS) is 18.2. The number of fused-ring (bicyclic) bond motifs is 1. The SMILES string of the molecule is CC(=O)NC[C@@H]1Oc2ccc(NC(=O)O)cc2N(S(=O)(=O)c2ccc(F)cc2)[C@@H]1C. The summed E-state index contributed by atoms with van der Waals surface area (Å²) in [5, 5.41) is 13.7. The molecule has 0 fully saturated rings. The first-order valence-electron chi connectivity index (χ1n) is 8.94. The molecule has 11 heteroatoms. The highest BCUT2D eigenvalue weighted by molar-refractivity contribution is 7.92. The number of hydrogen-bond acceptors (Lipinski definition) is 5. The van der Waals surface area contributed by atoms with E-state index in [1.807, 2.05) is 0 Å². The van der Waals surface area contributed by atoms with Crippen LogP contribution in [0.4, 0.5) is 20.6 Å². The van der Waals surface area contributed by atoms with E-state index >= 15 is 0 Å². The summed E-state index contributed by atoms with van der Waals surface area (Å²) in [5.41, 5.74) is 0.272. The van der Waals surface area contributed by atoms with Crippen LogP contribution in [0.3, 0.4) is 0 Å². The smallest absolute Gasteiger partial charge is 0.409 e. The van der Waals surface area contributed by atoms with Gasteiger partial charge in [0, 0.05) is 12.6 Å². The van der Waals surface area contributed by atoms with Crippen LogP contribution in [0.5, 0.6) is 5.75 Å². The topological polar surface area (TPSA) is 125 Å². The van der Waals surface area contributed by atoms with Gasteiger partial charge in [-0.05, 0) is 49.4 Å². The van der Waals surface area contributed by atoms with Crippen molar-refractivity contribution < 1.29 is 32.2 Å². The lowest BCUT2D eigenvalue weighted by atomic mass is 10.1. The van der Waals surface area contributed by atoms with Gasteiger partial charge in [0.25, 0.3) is 10.0 Å². The van der Waals surface area contributed by atoms with Crippen molar-refractivity contribution in [2.75, 3.05) is 16.2 Å². The van der Waals surface area contributed by atoms with Crippen molar-refractivity contribution in [1.29, 1.82) is 0 Å². The van der Waals surface area contributed by atoms with Crippen LogP contribution in [0, 0.1) is 5.82 Å². The maximum Gasteiger partial charge on any atom is 0.409 e. The Bertz CT molecular complexity index is 1070. The molecule has 3 N–H and O–H groups in total. The Balaban J connectivity index is 2.10. The summed E-state index contributed by atoms with van der Waals surface area (Å²) in [6, 6.07) is 7.83. The fraction of sp³-hybridized carbons (Fsp3) is 0.263. The third kappa shape index (κ3) is 4.30. The highest BCUT2D eigenvalue weighted by atomic mass is 32.2. The van der Waals surface area contributed by atoms with E-state index in [0.29, 0.717) is 0 Å². The van der Waals surface area contributed by atoms with E-state index in [-0.39, 0.29) is 34.5 Å². The molecule has 2 amide bonds. The zero-order chi connectivity index (χ0) is 22.1. The minimum Gasteiger partial charge on any atom is -0.484 e. The van der Waals surface area contributed by atoms with Crippen LogP contribution in [0.25, 0.3) is 0 Å². The maximum absolute atomic E-state index is 13.4. The fourth-order valence-corrected chi connectivity index (χ4v) is 4.83. The molecule has 2 aromatic rings. The van der Waals surface area contributed by atoms with Crippen molar-refractivity contribution in [2.45, 2.75) is 30.9 Å². The Morgan fingerprint density at radius 3 is 2.47 bits per heavy atom. The van der Waals surface area contributed by atoms with E-state index in [4.69, 9.17) is 9.84 Å². The first kappa shape index (κ1) is 21.4. The summed E-state index contributed by atoms with van der Waals surface area (Å²) < 4.78 is 47.1. The summed E-state index contributed by atoms with van der Waals surface area (Å²) in [4.78, 5) is 22.2. The second kappa shape index (κ2) is 8.19. The van der Waals surface area contributed by atoms with Gasteiger partial charge < -0.3 is 15.2 Å². The second-order valence-corrected chi connectivity index (χ2v) is 8.52. The number of anilines is 2. The van der Waals surface area contributed by atoms with Crippen molar-refractivity contribution in [3.8, 4) is 5.75 Å². The van der Waals surface area contributed by atoms with Crippen molar-refractivity contribution >= 4 is 33.4 Å². The van der Waals surface area contributed by atoms with Crippen LogP contribution in [0.2, 0.25) is 0 Å². The Hall–Kier alpha value is -3.34. The molecule has 0 aliphatic carbocycles. The summed E-state index contributed by atoms with van der Waals surface area (Å²) in [6.07, 6.45) is -2.02. The quantitative estimate of drug-likeness (QED) is 0.660. The minimum absolute atomic E-state index is 0.0561. The van der Waals surface area contributed by atoms with Crippen molar-refractivity contribution in [3.05, 3.63) is 48.3 Å². The number of nitrogens with one attached hydrogen (secondary N) is 2. The lowest BCUT2D eigenvalue weighted by Crippen LogP contribution is -2.54. The molecule has 0 saturated carbocycles. The maximum atomic E-state index is 13.4. The largest absolute Gasteiger partial charge is 0.484 e. The summed E-state index contributed by atoms with van der Waals surface area (Å²) in [5.74, 6) is -0.684. The molecule has 0 aromatic heterocycles. The molecule has 3 rings (SSSR count). The van der Waals surface area contributed by atoms with Crippen molar-refractivity contribution in [2.24, 2.45) is 0 Å². The lowest BCUT2D eigenvalue weighted by Gasteiger charge is -2.41. The van der Waals surface area contributed by atoms with Gasteiger partial charge in [-0.2, -0.15) is 0 Å². The molecule has 1 aliphatic rings. The van der Waals surface area contributed by atoms with E-state index < -0.39 is 34.1 Å². The molecule has 160 valence electrons. The third-order valence-corrected chi connectivity index (χ3v) is 6.47. The Kier molecular flexibility index (Phi) is 5.83. The minimum atomic E-state index is -4.16. The van der Waals surface area contributed by atoms with Crippen LogP contribution in [0.1, 0.15) is 13.8 Å². The molecular formula is C19H20FN3O6S. The van der Waals surface area contributed by atoms with Gasteiger partial charge in [-0.3, -0.25) is 14.4 Å². The Morgan fingerprint density at radius 1 is 1.20 bits per heavy atom. The van der Waals surface area contributed by atoms with E-state index in [1.165, 1.54) is 25.1 Å². The van der Waals surface area contributed by atoms with Gasteiger partial charge in [-0.25, -0.2) is 17.6 Å². The Labute approximate surface area is 172 Å². The summed E-state index contributed by atoms with van der Waals surface area (Å²) in [7, 11) is -4.16. The molecule has 0 spiro atoms. The molecule has 30 heavy (non-hydrogen) atoms. The number of ether oxygens (including phenoxy) is 1. The number of nitrogens with zero attached hydrogens (tertiary/aromatic N) is 1. The second-order valence-electron chi connectivity index (χ2n) is 6.70. The predicted molar refractivity (Wildman–Crippen MR) is 107 cm³/mol. The van der Waals surface area contributed by atoms with Gasteiger partial charge >= 0.3 is 6.09 Å². The zero-order valence-electron chi connectivity index (χ0n) is 16.1. The van der Waals surface area contributed by atoms with Gasteiger partial charge in [0.15, 0.2) is 0 Å². The number of carbonyl (C=O) groups excluding carboxylic acids is 1. The molecule has 2 aromatic carbocycles. The van der Waals surface area contributed by atoms with Gasteiger partial charge in [0.05, 0.1) is 23.2 Å². The van der Waals surface area contributed by atoms with Gasteiger partial charge in [-0.15, -0.1) is 0 Å². The number of amides is 2. The molecule has 0 bridgehead atoms. The average molecular weight is 437 g/mol. The molecule has 9 nitrogen and oxygen atoms in total. The van der Waals surface area contributed by atoms with Gasteiger partial charge in [0.1, 0.15) is 17.7 Å². The molecule has 0 unspecified atom stereocenters. The summed E-state index contributed by atoms with van der Waals surface area (Å²) in [6.45, 7) is 2.99. The van der Waals surface area contributed by atoms with Crippen LogP contribution >= 0.6 is 0 Å². The number of carboxylic acid groups (broad SMARTS) is 1. The van der Waals surface area contributed by atoms with E-state index in [0.717, 1.165) is 28.6 Å². The van der Waals surface area contributed by atoms with Crippen LogP contribution in [0.15, 0.2) is 47.4 Å². The number of hydrogen-bond donors (Lipinski definition) is 3. The van der Waals surface area contributed by atoms with E-state index in [1.54, 1.807) is 6.92 Å². The summed E-state index contributed by atoms with van der Waals surface area (Å²) >= 11 is 0. The number of rotatable bonds is 5. The standard InChI is InChI=1S/C19H20FN3O6S/c1-11-18(10-21-12(2)24)29-17-8-5-14(22-19(25)26)9-16(17)23(11)30(27,28)15-6-3-13(20)4-7-15/h3-9,11,18,22H,10H2,1-2H3,(H,21,24)(H,25,26)/t11-,18+/m1/s1. The molecule has 2 atom stereocenters. The molecular weight excluding hydrogens is 417 g/mol. The highest BCUT2D eigenvalue weighted by Crippen LogP contribution is 2.41. The van der Waals surface area contributed by atoms with Gasteiger partial charge in [-0.1, -0.05) is 0 Å². The van der Waals surface area contributed by atoms with Crippen LogP contribution in [-0.4, -0.2) is 44.2 Å². The first-order chi connectivity index (χ1) is 14.1. The lowest BCUT2D eigenvalue weighted by molar-refractivity contribution is -0.119. The van der Waals surface area contributed by atoms with E-state index in [9.17, 15) is 22.4 Å². The van der Waals surface area contributed by atoms with Crippen LogP contribution < -0.4 is 19.7 Å². The van der Waals surface area contributed by atoms with Crippen LogP contribution in [-0.2, 0) is 14.8 Å². The number of halogens is 1. The average Bonchev–Trinajstić information content (AvgIpc) is 2.66. The number of sulfonamides is 1. The third-order valence-electron chi connectivity index (χ3n) is 4.56. The number of benzene rings is 2. The molecule has 1 aliphatic heterocycles. The predicted octanol–water partition coefficient (Wildman–Crippen LogP) is 2.40. The molecule has 0 saturated heterocycles. The van der Waals surface area contributed by atoms with E-state index in [2.05, 4.69) is 10.6 Å². The van der Waals surface area contributed by atoms with Crippen molar-refractivity contribution in [3.63, 3.8) is 0 Å². The Morgan fingerprint density at radius 2 is 1.87 bits per heavy atom. The first-order valence-corrected chi connectivity index (χ1v) is 10.4. The zero-order valence-corrected chi connectivity index (χ0v) is 16.9. The highest BCUT2D eigenvalue weighted by Gasteiger charge is 2.40. The molecule has 0 radical (unpaired) electrons. The molecule has 1 heterocycles. The van der Waals surface area contributed by atoms with Gasteiger partial charge in [0.2, 0.25) is 5.91 Å².